The highest BCUT2D eigenvalue weighted by Crippen LogP contribution is 2.32. The number of hydrogen-bond donors (Lipinski definition) is 1. The van der Waals surface area contributed by atoms with E-state index in [1.807, 2.05) is 4.90 Å². The van der Waals surface area contributed by atoms with E-state index in [1.54, 1.807) is 0 Å². The molecule has 2 aliphatic rings. The van der Waals surface area contributed by atoms with Gasteiger partial charge in [0, 0.05) is 31.6 Å². The molecule has 1 aliphatic heterocycles. The lowest BCUT2D eigenvalue weighted by Crippen LogP contribution is -2.50. The first kappa shape index (κ1) is 17.3. The Morgan fingerprint density at radius 2 is 1.88 bits per heavy atom. The highest BCUT2D eigenvalue weighted by molar-refractivity contribution is 5.81. The van der Waals surface area contributed by atoms with Gasteiger partial charge in [-0.2, -0.15) is 13.2 Å². The molecule has 3 nitrogen and oxygen atoms in total. The van der Waals surface area contributed by atoms with Crippen LogP contribution in [0.5, 0.6) is 0 Å². The Balaban J connectivity index is 1.49. The maximum atomic E-state index is 12.6. The lowest BCUT2D eigenvalue weighted by molar-refractivity contribution is -0.137. The van der Waals surface area contributed by atoms with Gasteiger partial charge in [-0.15, -0.1) is 0 Å². The molecule has 1 aromatic carbocycles. The van der Waals surface area contributed by atoms with Crippen LogP contribution in [-0.4, -0.2) is 29.9 Å². The maximum absolute atomic E-state index is 12.6. The Morgan fingerprint density at radius 3 is 2.42 bits per heavy atom. The van der Waals surface area contributed by atoms with Crippen molar-refractivity contribution in [1.29, 1.82) is 0 Å². The standard InChI is InChI=1S/C18H23F3N2O/c1-12-11-23(17(24)14-4-5-14)9-8-16(12)22-10-13-2-6-15(7-3-13)18(19,20)21/h2-3,6-7,12,14,16,22H,4-5,8-11H2,1H3. The molecule has 2 fully saturated rings. The van der Waals surface area contributed by atoms with E-state index in [-0.39, 0.29) is 12.0 Å². The first-order chi connectivity index (χ1) is 11.3. The number of alkyl halides is 3. The second kappa shape index (κ2) is 6.75. The molecule has 2 atom stereocenters. The summed E-state index contributed by atoms with van der Waals surface area (Å²) in [7, 11) is 0. The molecule has 0 bridgehead atoms. The number of carbonyl (C=O) groups excluding carboxylic acids is 1. The Labute approximate surface area is 140 Å². The molecule has 3 rings (SSSR count). The Hall–Kier alpha value is -1.56. The lowest BCUT2D eigenvalue weighted by atomic mass is 9.93. The largest absolute Gasteiger partial charge is 0.416 e. The first-order valence-electron chi connectivity index (χ1n) is 8.53. The number of halogens is 3. The predicted octanol–water partition coefficient (Wildman–Crippen LogP) is 3.44. The lowest BCUT2D eigenvalue weighted by Gasteiger charge is -2.37. The predicted molar refractivity (Wildman–Crippen MR) is 85.2 cm³/mol. The number of nitrogens with zero attached hydrogens (tertiary/aromatic N) is 1. The number of piperidine rings is 1. The highest BCUT2D eigenvalue weighted by atomic mass is 19.4. The highest BCUT2D eigenvalue weighted by Gasteiger charge is 2.36. The zero-order valence-electron chi connectivity index (χ0n) is 13.8. The average molecular weight is 340 g/mol. The Kier molecular flexibility index (Phi) is 4.85. The van der Waals surface area contributed by atoms with Crippen LogP contribution in [0.3, 0.4) is 0 Å². The van der Waals surface area contributed by atoms with E-state index in [2.05, 4.69) is 12.2 Å². The number of rotatable bonds is 4. The van der Waals surface area contributed by atoms with E-state index in [0.29, 0.717) is 18.4 Å². The van der Waals surface area contributed by atoms with Crippen molar-refractivity contribution in [3.8, 4) is 0 Å². The molecule has 1 saturated carbocycles. The number of amides is 1. The van der Waals surface area contributed by atoms with Gasteiger partial charge in [-0.1, -0.05) is 19.1 Å². The number of likely N-dealkylation sites (tertiary alicyclic amines) is 1. The van der Waals surface area contributed by atoms with E-state index < -0.39 is 11.7 Å². The average Bonchev–Trinajstić information content (AvgIpc) is 3.37. The van der Waals surface area contributed by atoms with E-state index >= 15 is 0 Å². The molecule has 1 saturated heterocycles. The molecule has 1 aromatic rings. The monoisotopic (exact) mass is 340 g/mol. The van der Waals surface area contributed by atoms with Crippen molar-refractivity contribution in [3.05, 3.63) is 35.4 Å². The summed E-state index contributed by atoms with van der Waals surface area (Å²) < 4.78 is 37.7. The molecule has 0 aromatic heterocycles. The maximum Gasteiger partial charge on any atom is 0.416 e. The third kappa shape index (κ3) is 4.09. The zero-order valence-corrected chi connectivity index (χ0v) is 13.8. The minimum Gasteiger partial charge on any atom is -0.342 e. The summed E-state index contributed by atoms with van der Waals surface area (Å²) in [6.45, 7) is 4.20. The second-order valence-electron chi connectivity index (χ2n) is 7.01. The van der Waals surface area contributed by atoms with Crippen molar-refractivity contribution in [1.82, 2.24) is 10.2 Å². The number of hydrogen-bond acceptors (Lipinski definition) is 2. The summed E-state index contributed by atoms with van der Waals surface area (Å²) >= 11 is 0. The van der Waals surface area contributed by atoms with Crippen LogP contribution in [0.2, 0.25) is 0 Å². The van der Waals surface area contributed by atoms with Crippen molar-refractivity contribution in [3.63, 3.8) is 0 Å². The Bertz CT molecular complexity index is 581. The third-order valence-corrected chi connectivity index (χ3v) is 4.99. The third-order valence-electron chi connectivity index (χ3n) is 4.99. The minimum absolute atomic E-state index is 0.258. The van der Waals surface area contributed by atoms with Gasteiger partial charge in [-0.25, -0.2) is 0 Å². The molecule has 1 amide bonds. The molecule has 24 heavy (non-hydrogen) atoms. The quantitative estimate of drug-likeness (QED) is 0.911. The summed E-state index contributed by atoms with van der Waals surface area (Å²) in [6.07, 6.45) is -1.35. The number of nitrogens with one attached hydrogen (secondary N) is 1. The zero-order chi connectivity index (χ0) is 17.3. The van der Waals surface area contributed by atoms with Gasteiger partial charge >= 0.3 is 6.18 Å². The second-order valence-corrected chi connectivity index (χ2v) is 7.01. The summed E-state index contributed by atoms with van der Waals surface area (Å²) in [6, 6.07) is 5.57. The molecule has 1 heterocycles. The number of carbonyl (C=O) groups is 1. The van der Waals surface area contributed by atoms with Gasteiger partial charge < -0.3 is 10.2 Å². The van der Waals surface area contributed by atoms with Crippen molar-refractivity contribution < 1.29 is 18.0 Å². The van der Waals surface area contributed by atoms with Crippen molar-refractivity contribution in [2.75, 3.05) is 13.1 Å². The van der Waals surface area contributed by atoms with E-state index in [1.165, 1.54) is 12.1 Å². The van der Waals surface area contributed by atoms with E-state index in [9.17, 15) is 18.0 Å². The summed E-state index contributed by atoms with van der Waals surface area (Å²) in [5, 5.41) is 3.43. The first-order valence-corrected chi connectivity index (χ1v) is 8.53. The fourth-order valence-electron chi connectivity index (χ4n) is 3.30. The van der Waals surface area contributed by atoms with Gasteiger partial charge in [0.15, 0.2) is 0 Å². The van der Waals surface area contributed by atoms with Crippen molar-refractivity contribution in [2.24, 2.45) is 11.8 Å². The molecular weight excluding hydrogens is 317 g/mol. The van der Waals surface area contributed by atoms with Crippen LogP contribution >= 0.6 is 0 Å². The van der Waals surface area contributed by atoms with Crippen molar-refractivity contribution in [2.45, 2.75) is 44.9 Å². The normalized spacial score (nSPS) is 24.9. The van der Waals surface area contributed by atoms with E-state index in [0.717, 1.165) is 50.0 Å². The molecule has 0 radical (unpaired) electrons. The van der Waals surface area contributed by atoms with Gasteiger partial charge in [0.05, 0.1) is 5.56 Å². The van der Waals surface area contributed by atoms with Gasteiger partial charge in [0.1, 0.15) is 0 Å². The molecule has 2 unspecified atom stereocenters. The van der Waals surface area contributed by atoms with Crippen LogP contribution < -0.4 is 5.32 Å². The minimum atomic E-state index is -4.29. The smallest absolute Gasteiger partial charge is 0.342 e. The summed E-state index contributed by atoms with van der Waals surface area (Å²) in [4.78, 5) is 14.1. The SMILES string of the molecule is CC1CN(C(=O)C2CC2)CCC1NCc1ccc(C(F)(F)F)cc1. The number of benzene rings is 1. The Morgan fingerprint density at radius 1 is 1.21 bits per heavy atom. The molecule has 1 N–H and O–H groups in total. The van der Waals surface area contributed by atoms with Gasteiger partial charge in [0.25, 0.3) is 0 Å². The topological polar surface area (TPSA) is 32.3 Å². The summed E-state index contributed by atoms with van der Waals surface area (Å²) in [5.41, 5.74) is 0.221. The molecule has 1 aliphatic carbocycles. The van der Waals surface area contributed by atoms with E-state index in [4.69, 9.17) is 0 Å². The van der Waals surface area contributed by atoms with Crippen LogP contribution in [-0.2, 0) is 17.5 Å². The van der Waals surface area contributed by atoms with Crippen LogP contribution in [0.15, 0.2) is 24.3 Å². The molecule has 0 spiro atoms. The van der Waals surface area contributed by atoms with Crippen LogP contribution in [0.1, 0.15) is 37.3 Å². The van der Waals surface area contributed by atoms with Gasteiger partial charge in [-0.3, -0.25) is 4.79 Å². The van der Waals surface area contributed by atoms with Crippen molar-refractivity contribution >= 4 is 5.91 Å². The summed E-state index contributed by atoms with van der Waals surface area (Å²) in [5.74, 6) is 0.896. The van der Waals surface area contributed by atoms with Gasteiger partial charge in [0.2, 0.25) is 5.91 Å². The molecular formula is C18H23F3N2O. The fraction of sp³-hybridized carbons (Fsp3) is 0.611. The molecule has 132 valence electrons. The van der Waals surface area contributed by atoms with Crippen LogP contribution in [0.4, 0.5) is 13.2 Å². The van der Waals surface area contributed by atoms with Gasteiger partial charge in [-0.05, 0) is 42.9 Å². The fourth-order valence-corrected chi connectivity index (χ4v) is 3.30. The van der Waals surface area contributed by atoms with Crippen LogP contribution in [0, 0.1) is 11.8 Å². The van der Waals surface area contributed by atoms with Crippen LogP contribution in [0.25, 0.3) is 0 Å². The molecule has 6 heteroatoms.